The van der Waals surface area contributed by atoms with E-state index in [1.165, 1.54) is 22.3 Å². The molecule has 39 heavy (non-hydrogen) atoms. The number of nitrogens with zero attached hydrogens (tertiary/aromatic N) is 1. The zero-order valence-electron chi connectivity index (χ0n) is 22.1. The molecule has 0 N–H and O–H groups in total. The molecule has 0 saturated carbocycles. The van der Waals surface area contributed by atoms with Crippen molar-refractivity contribution in [1.29, 1.82) is 0 Å². The van der Waals surface area contributed by atoms with Crippen molar-refractivity contribution >= 4 is 17.1 Å². The SMILES string of the molecule is COc1ccc(N2C(c3ccccc3)=CC(Cc3ccccc3)(c3ccccc3)C=C2c2ccccc2)cc1. The molecule has 0 amide bonds. The number of ether oxygens (including phenoxy) is 1. The fourth-order valence-electron chi connectivity index (χ4n) is 5.49. The highest BCUT2D eigenvalue weighted by atomic mass is 16.5. The first kappa shape index (κ1) is 24.5. The van der Waals surface area contributed by atoms with Crippen molar-refractivity contribution in [3.8, 4) is 5.75 Å². The average Bonchev–Trinajstić information content (AvgIpc) is 3.02. The lowest BCUT2D eigenvalue weighted by Crippen LogP contribution is -2.34. The highest BCUT2D eigenvalue weighted by Gasteiger charge is 2.36. The molecule has 2 nitrogen and oxygen atoms in total. The summed E-state index contributed by atoms with van der Waals surface area (Å²) >= 11 is 0. The van der Waals surface area contributed by atoms with E-state index >= 15 is 0 Å². The zero-order chi connectivity index (χ0) is 26.5. The van der Waals surface area contributed by atoms with E-state index in [1.807, 2.05) is 12.1 Å². The lowest BCUT2D eigenvalue weighted by molar-refractivity contribution is 0.415. The Morgan fingerprint density at radius 2 is 1.00 bits per heavy atom. The van der Waals surface area contributed by atoms with Gasteiger partial charge in [0.15, 0.2) is 0 Å². The van der Waals surface area contributed by atoms with Crippen LogP contribution in [0.1, 0.15) is 22.3 Å². The van der Waals surface area contributed by atoms with Gasteiger partial charge in [0, 0.05) is 11.1 Å². The zero-order valence-corrected chi connectivity index (χ0v) is 22.1. The van der Waals surface area contributed by atoms with Gasteiger partial charge in [-0.15, -0.1) is 0 Å². The van der Waals surface area contributed by atoms with Crippen LogP contribution in [0.5, 0.6) is 5.75 Å². The van der Waals surface area contributed by atoms with Gasteiger partial charge in [0.2, 0.25) is 0 Å². The van der Waals surface area contributed by atoms with Crippen molar-refractivity contribution < 1.29 is 4.74 Å². The normalized spacial score (nSPS) is 14.3. The van der Waals surface area contributed by atoms with Crippen molar-refractivity contribution in [2.24, 2.45) is 0 Å². The highest BCUT2D eigenvalue weighted by Crippen LogP contribution is 2.46. The van der Waals surface area contributed by atoms with Crippen molar-refractivity contribution in [2.45, 2.75) is 11.8 Å². The maximum Gasteiger partial charge on any atom is 0.119 e. The lowest BCUT2D eigenvalue weighted by atomic mass is 9.71. The minimum atomic E-state index is -0.359. The van der Waals surface area contributed by atoms with Gasteiger partial charge in [0.05, 0.1) is 18.5 Å². The summed E-state index contributed by atoms with van der Waals surface area (Å²) in [5.41, 5.74) is 7.94. The van der Waals surface area contributed by atoms with Gasteiger partial charge in [-0.05, 0) is 65.1 Å². The topological polar surface area (TPSA) is 12.5 Å². The summed E-state index contributed by atoms with van der Waals surface area (Å²) < 4.78 is 5.49. The van der Waals surface area contributed by atoms with Crippen LogP contribution in [-0.2, 0) is 11.8 Å². The molecule has 0 unspecified atom stereocenters. The largest absolute Gasteiger partial charge is 0.497 e. The van der Waals surface area contributed by atoms with Gasteiger partial charge >= 0.3 is 0 Å². The molecule has 0 atom stereocenters. The van der Waals surface area contributed by atoms with E-state index in [2.05, 4.69) is 151 Å². The first-order valence-electron chi connectivity index (χ1n) is 13.4. The van der Waals surface area contributed by atoms with Gasteiger partial charge in [-0.25, -0.2) is 0 Å². The number of benzene rings is 5. The van der Waals surface area contributed by atoms with E-state index in [9.17, 15) is 0 Å². The Bertz CT molecular complexity index is 1510. The van der Waals surface area contributed by atoms with Gasteiger partial charge in [0.25, 0.3) is 0 Å². The molecule has 1 heterocycles. The molecular formula is C37H31NO. The van der Waals surface area contributed by atoms with E-state index in [0.717, 1.165) is 29.3 Å². The Morgan fingerprint density at radius 1 is 0.538 bits per heavy atom. The molecule has 2 heteroatoms. The molecule has 0 aliphatic carbocycles. The van der Waals surface area contributed by atoms with Crippen LogP contribution in [0.3, 0.4) is 0 Å². The summed E-state index contributed by atoms with van der Waals surface area (Å²) in [5, 5.41) is 0. The smallest absolute Gasteiger partial charge is 0.119 e. The third-order valence-electron chi connectivity index (χ3n) is 7.39. The Balaban J connectivity index is 1.65. The summed E-state index contributed by atoms with van der Waals surface area (Å²) in [4.78, 5) is 2.39. The van der Waals surface area contributed by atoms with Crippen LogP contribution >= 0.6 is 0 Å². The number of hydrogen-bond acceptors (Lipinski definition) is 2. The van der Waals surface area contributed by atoms with Crippen LogP contribution in [0.2, 0.25) is 0 Å². The number of methoxy groups -OCH3 is 1. The fourth-order valence-corrected chi connectivity index (χ4v) is 5.49. The Morgan fingerprint density at radius 3 is 1.49 bits per heavy atom. The maximum atomic E-state index is 5.49. The van der Waals surface area contributed by atoms with Gasteiger partial charge in [-0.1, -0.05) is 121 Å². The minimum absolute atomic E-state index is 0.359. The van der Waals surface area contributed by atoms with Crippen molar-refractivity contribution in [3.63, 3.8) is 0 Å². The standard InChI is InChI=1S/C37H31NO/c1-39-34-24-22-33(23-25-34)38-35(30-16-8-3-9-17-30)27-37(32-20-12-5-13-21-32,26-29-14-6-2-7-15-29)28-36(38)31-18-10-4-11-19-31/h2-25,27-28H,26H2,1H3. The van der Waals surface area contributed by atoms with Crippen LogP contribution in [-0.4, -0.2) is 7.11 Å². The summed E-state index contributed by atoms with van der Waals surface area (Å²) in [6.45, 7) is 0. The monoisotopic (exact) mass is 505 g/mol. The summed E-state index contributed by atoms with van der Waals surface area (Å²) in [6, 6.07) is 51.5. The molecule has 0 radical (unpaired) electrons. The fraction of sp³-hybridized carbons (Fsp3) is 0.0811. The quantitative estimate of drug-likeness (QED) is 0.219. The minimum Gasteiger partial charge on any atom is -0.497 e. The average molecular weight is 506 g/mol. The van der Waals surface area contributed by atoms with E-state index in [4.69, 9.17) is 4.74 Å². The van der Waals surface area contributed by atoms with Gasteiger partial charge < -0.3 is 9.64 Å². The van der Waals surface area contributed by atoms with Crippen LogP contribution in [0.15, 0.2) is 158 Å². The van der Waals surface area contributed by atoms with Gasteiger partial charge in [-0.2, -0.15) is 0 Å². The Hall–Kier alpha value is -4.82. The Labute approximate surface area is 231 Å². The molecule has 1 aliphatic rings. The maximum absolute atomic E-state index is 5.49. The summed E-state index contributed by atoms with van der Waals surface area (Å²) in [7, 11) is 1.71. The van der Waals surface area contributed by atoms with Gasteiger partial charge in [-0.3, -0.25) is 0 Å². The van der Waals surface area contributed by atoms with E-state index in [1.54, 1.807) is 7.11 Å². The number of allylic oxidation sites excluding steroid dienone is 2. The molecule has 0 saturated heterocycles. The predicted molar refractivity (Wildman–Crippen MR) is 163 cm³/mol. The Kier molecular flexibility index (Phi) is 6.84. The highest BCUT2D eigenvalue weighted by molar-refractivity contribution is 5.98. The third kappa shape index (κ3) is 5.02. The second-order valence-electron chi connectivity index (χ2n) is 9.89. The molecule has 0 bridgehead atoms. The predicted octanol–water partition coefficient (Wildman–Crippen LogP) is 8.78. The number of anilines is 1. The summed E-state index contributed by atoms with van der Waals surface area (Å²) in [6.07, 6.45) is 5.77. The van der Waals surface area contributed by atoms with Crippen LogP contribution in [0, 0.1) is 0 Å². The second kappa shape index (κ2) is 10.9. The van der Waals surface area contributed by atoms with E-state index < -0.39 is 0 Å². The molecular weight excluding hydrogens is 474 g/mol. The van der Waals surface area contributed by atoms with Crippen LogP contribution in [0.25, 0.3) is 11.4 Å². The van der Waals surface area contributed by atoms with E-state index in [-0.39, 0.29) is 5.41 Å². The molecule has 0 aromatic heterocycles. The first-order valence-corrected chi connectivity index (χ1v) is 13.4. The molecule has 0 fully saturated rings. The van der Waals surface area contributed by atoms with Crippen LogP contribution < -0.4 is 9.64 Å². The number of rotatable bonds is 7. The van der Waals surface area contributed by atoms with Crippen molar-refractivity contribution in [2.75, 3.05) is 12.0 Å². The first-order chi connectivity index (χ1) is 19.3. The molecule has 0 spiro atoms. The van der Waals surface area contributed by atoms with Crippen molar-refractivity contribution in [1.82, 2.24) is 0 Å². The van der Waals surface area contributed by atoms with Gasteiger partial charge in [0.1, 0.15) is 5.75 Å². The molecule has 6 rings (SSSR count). The third-order valence-corrected chi connectivity index (χ3v) is 7.39. The molecule has 5 aromatic carbocycles. The molecule has 5 aromatic rings. The summed E-state index contributed by atoms with van der Waals surface area (Å²) in [5.74, 6) is 0.842. The van der Waals surface area contributed by atoms with Crippen molar-refractivity contribution in [3.05, 3.63) is 180 Å². The van der Waals surface area contributed by atoms with E-state index in [0.29, 0.717) is 0 Å². The molecule has 1 aliphatic heterocycles. The van der Waals surface area contributed by atoms with Crippen LogP contribution in [0.4, 0.5) is 5.69 Å². The molecule has 190 valence electrons. The lowest BCUT2D eigenvalue weighted by Gasteiger charge is -2.41. The second-order valence-corrected chi connectivity index (χ2v) is 9.89. The number of hydrogen-bond donors (Lipinski definition) is 0.